The molecule has 47 valence electrons. The van der Waals surface area contributed by atoms with E-state index in [4.69, 9.17) is 0 Å². The van der Waals surface area contributed by atoms with E-state index in [2.05, 4.69) is 22.9 Å². The molecule has 0 saturated carbocycles. The molecule has 0 N–H and O–H groups in total. The second kappa shape index (κ2) is 15.9. The molecule has 0 rings (SSSR count). The molecule has 0 atom stereocenters. The maximum atomic E-state index is 3.35. The van der Waals surface area contributed by atoms with Crippen LogP contribution in [0.2, 0.25) is 0 Å². The number of halogens is 1. The molecule has 0 heterocycles. The molecular formula is C5H15BrNaSi. The summed E-state index contributed by atoms with van der Waals surface area (Å²) in [6.45, 7) is 2.21. The molecule has 8 heavy (non-hydrogen) atoms. The predicted octanol–water partition coefficient (Wildman–Crippen LogP) is 0.739. The number of hydrogen-bond acceptors (Lipinski definition) is 0. The molecule has 0 aliphatic rings. The molecule has 0 nitrogen and oxygen atoms in total. The minimum absolute atomic E-state index is 0. The van der Waals surface area contributed by atoms with Gasteiger partial charge in [-0.2, -0.15) is 0 Å². The zero-order valence-corrected chi connectivity index (χ0v) is 8.79. The Morgan fingerprint density at radius 1 is 1.25 bits per heavy atom. The van der Waals surface area contributed by atoms with Gasteiger partial charge in [-0.25, -0.2) is 0 Å². The van der Waals surface area contributed by atoms with Crippen LogP contribution in [0, 0.1) is 0 Å². The van der Waals surface area contributed by atoms with E-state index in [9.17, 15) is 0 Å². The molecular weight excluding hydrogens is 191 g/mol. The van der Waals surface area contributed by atoms with Crippen LogP contribution in [-0.4, -0.2) is 45.9 Å². The third-order valence-corrected chi connectivity index (χ3v) is 1.30. The SMILES string of the molecule is CCCCCBr.[Na].[SiH4]. The summed E-state index contributed by atoms with van der Waals surface area (Å²) in [6.07, 6.45) is 4.02. The zero-order valence-electron chi connectivity index (χ0n) is 5.21. The van der Waals surface area contributed by atoms with Crippen molar-refractivity contribution in [1.82, 2.24) is 0 Å². The third kappa shape index (κ3) is 15.6. The van der Waals surface area contributed by atoms with Gasteiger partial charge in [0.25, 0.3) is 0 Å². The normalized spacial score (nSPS) is 6.75. The average Bonchev–Trinajstić information content (AvgIpc) is 1.61. The van der Waals surface area contributed by atoms with E-state index in [-0.39, 0.29) is 40.5 Å². The van der Waals surface area contributed by atoms with Crippen LogP contribution in [0.15, 0.2) is 0 Å². The predicted molar refractivity (Wildman–Crippen MR) is 50.4 cm³/mol. The Morgan fingerprint density at radius 2 is 1.75 bits per heavy atom. The van der Waals surface area contributed by atoms with Crippen molar-refractivity contribution < 1.29 is 0 Å². The minimum atomic E-state index is 0. The van der Waals surface area contributed by atoms with Gasteiger partial charge in [-0.05, 0) is 17.4 Å². The van der Waals surface area contributed by atoms with Crippen LogP contribution >= 0.6 is 15.9 Å². The third-order valence-electron chi connectivity index (χ3n) is 0.737. The molecule has 0 fully saturated rings. The van der Waals surface area contributed by atoms with Gasteiger partial charge in [0, 0.05) is 34.9 Å². The van der Waals surface area contributed by atoms with Crippen molar-refractivity contribution in [3.8, 4) is 0 Å². The fourth-order valence-corrected chi connectivity index (χ4v) is 0.741. The molecule has 0 aliphatic carbocycles. The van der Waals surface area contributed by atoms with Crippen LogP contribution in [0.4, 0.5) is 0 Å². The zero-order chi connectivity index (χ0) is 4.83. The Labute approximate surface area is 87.3 Å². The fourth-order valence-electron chi connectivity index (χ4n) is 0.344. The van der Waals surface area contributed by atoms with E-state index in [1.807, 2.05) is 0 Å². The van der Waals surface area contributed by atoms with Gasteiger partial charge in [-0.3, -0.25) is 0 Å². The molecule has 0 aromatic carbocycles. The van der Waals surface area contributed by atoms with Crippen molar-refractivity contribution in [2.24, 2.45) is 0 Å². The quantitative estimate of drug-likeness (QED) is 0.363. The largest absolute Gasteiger partial charge is 0.0928 e. The molecule has 0 saturated heterocycles. The Morgan fingerprint density at radius 3 is 1.88 bits per heavy atom. The van der Waals surface area contributed by atoms with Crippen molar-refractivity contribution in [2.45, 2.75) is 26.2 Å². The second-order valence-corrected chi connectivity index (χ2v) is 2.19. The van der Waals surface area contributed by atoms with E-state index < -0.39 is 0 Å². The van der Waals surface area contributed by atoms with Gasteiger partial charge in [0.15, 0.2) is 0 Å². The average molecular weight is 206 g/mol. The first-order valence-electron chi connectivity index (χ1n) is 2.47. The van der Waals surface area contributed by atoms with Crippen molar-refractivity contribution in [3.63, 3.8) is 0 Å². The summed E-state index contributed by atoms with van der Waals surface area (Å²) in [6, 6.07) is 0. The van der Waals surface area contributed by atoms with Crippen LogP contribution in [0.5, 0.6) is 0 Å². The Balaban J connectivity index is -0.000000125. The summed E-state index contributed by atoms with van der Waals surface area (Å²) in [5, 5.41) is 1.17. The molecule has 3 heteroatoms. The van der Waals surface area contributed by atoms with Crippen LogP contribution in [-0.2, 0) is 0 Å². The molecule has 1 radical (unpaired) electrons. The van der Waals surface area contributed by atoms with Gasteiger partial charge in [0.05, 0.1) is 0 Å². The summed E-state index contributed by atoms with van der Waals surface area (Å²) >= 11 is 3.35. The van der Waals surface area contributed by atoms with E-state index in [0.29, 0.717) is 0 Å². The monoisotopic (exact) mass is 205 g/mol. The minimum Gasteiger partial charge on any atom is -0.0928 e. The van der Waals surface area contributed by atoms with Gasteiger partial charge >= 0.3 is 0 Å². The summed E-state index contributed by atoms with van der Waals surface area (Å²) in [5.41, 5.74) is 0. The smallest absolute Gasteiger partial charge is 0.00313 e. The molecule has 0 aromatic heterocycles. The maximum absolute atomic E-state index is 3.35. The Bertz CT molecular complexity index is 24.4. The van der Waals surface area contributed by atoms with Crippen molar-refractivity contribution in [3.05, 3.63) is 0 Å². The molecule has 0 amide bonds. The van der Waals surface area contributed by atoms with E-state index >= 15 is 0 Å². The first-order valence-corrected chi connectivity index (χ1v) is 3.60. The molecule has 0 bridgehead atoms. The summed E-state index contributed by atoms with van der Waals surface area (Å²) < 4.78 is 0. The van der Waals surface area contributed by atoms with Crippen molar-refractivity contribution in [1.29, 1.82) is 0 Å². The first kappa shape index (κ1) is 16.4. The van der Waals surface area contributed by atoms with Gasteiger partial charge < -0.3 is 0 Å². The van der Waals surface area contributed by atoms with E-state index in [0.717, 1.165) is 0 Å². The number of hydrogen-bond donors (Lipinski definition) is 0. The second-order valence-electron chi connectivity index (χ2n) is 1.40. The Kier molecular flexibility index (Phi) is 32.5. The summed E-state index contributed by atoms with van der Waals surface area (Å²) in [7, 11) is 0. The number of alkyl halides is 1. The Hall–Kier alpha value is 1.70. The van der Waals surface area contributed by atoms with Crippen LogP contribution in [0.3, 0.4) is 0 Å². The van der Waals surface area contributed by atoms with Crippen LogP contribution in [0.1, 0.15) is 26.2 Å². The van der Waals surface area contributed by atoms with Crippen LogP contribution in [0.25, 0.3) is 0 Å². The molecule has 0 unspecified atom stereocenters. The number of rotatable bonds is 3. The molecule has 0 aromatic rings. The van der Waals surface area contributed by atoms with Crippen molar-refractivity contribution in [2.75, 3.05) is 5.33 Å². The van der Waals surface area contributed by atoms with E-state index in [1.54, 1.807) is 0 Å². The molecule has 0 aliphatic heterocycles. The molecule has 0 spiro atoms. The summed E-state index contributed by atoms with van der Waals surface area (Å²) in [4.78, 5) is 0. The van der Waals surface area contributed by atoms with Gasteiger partial charge in [-0.1, -0.05) is 35.7 Å². The summed E-state index contributed by atoms with van der Waals surface area (Å²) in [5.74, 6) is 0. The standard InChI is InChI=1S/C5H11Br.Na.H4Si/c1-2-3-4-5-6;;/h2-5H2,1H3;;1H4. The van der Waals surface area contributed by atoms with Gasteiger partial charge in [-0.15, -0.1) is 0 Å². The maximum Gasteiger partial charge on any atom is 0.00313 e. The van der Waals surface area contributed by atoms with Crippen molar-refractivity contribution >= 4 is 56.5 Å². The van der Waals surface area contributed by atoms with Gasteiger partial charge in [0.2, 0.25) is 0 Å². The number of unbranched alkanes of at least 4 members (excludes halogenated alkanes) is 2. The van der Waals surface area contributed by atoms with Crippen LogP contribution < -0.4 is 0 Å². The van der Waals surface area contributed by atoms with E-state index in [1.165, 1.54) is 24.6 Å². The topological polar surface area (TPSA) is 0 Å². The fraction of sp³-hybridized carbons (Fsp3) is 1.00. The van der Waals surface area contributed by atoms with Gasteiger partial charge in [0.1, 0.15) is 0 Å². The first-order chi connectivity index (χ1) is 2.91.